The van der Waals surface area contributed by atoms with Crippen molar-refractivity contribution in [3.05, 3.63) is 106 Å². The van der Waals surface area contributed by atoms with Gasteiger partial charge in [0.15, 0.2) is 5.69 Å². The molecular formula is C33H32FN7O5S. The molecule has 4 bridgehead atoms. The Morgan fingerprint density at radius 2 is 1.85 bits per heavy atom. The van der Waals surface area contributed by atoms with Crippen LogP contribution in [0.15, 0.2) is 70.7 Å². The molecule has 5 aromatic rings. The predicted molar refractivity (Wildman–Crippen MR) is 171 cm³/mol. The van der Waals surface area contributed by atoms with Gasteiger partial charge in [0.2, 0.25) is 11.8 Å². The molecule has 0 saturated carbocycles. The van der Waals surface area contributed by atoms with Gasteiger partial charge in [-0.05, 0) is 35.7 Å². The summed E-state index contributed by atoms with van der Waals surface area (Å²) in [4.78, 5) is 66.8. The number of rotatable bonds is 4. The number of amides is 4. The summed E-state index contributed by atoms with van der Waals surface area (Å²) >= 11 is 1.24. The van der Waals surface area contributed by atoms with Crippen molar-refractivity contribution >= 4 is 45.9 Å². The topological polar surface area (TPSA) is 162 Å². The fourth-order valence-electron chi connectivity index (χ4n) is 5.31. The zero-order valence-corrected chi connectivity index (χ0v) is 26.4. The first-order chi connectivity index (χ1) is 22.6. The molecule has 0 aliphatic carbocycles. The molecule has 0 unspecified atom stereocenters. The Bertz CT molecular complexity index is 1940. The summed E-state index contributed by atoms with van der Waals surface area (Å²) in [5.74, 6) is -2.41. The lowest BCUT2D eigenvalue weighted by Crippen LogP contribution is -2.45. The van der Waals surface area contributed by atoms with Gasteiger partial charge in [0.25, 0.3) is 17.7 Å². The van der Waals surface area contributed by atoms with E-state index in [1.54, 1.807) is 5.38 Å². The number of hydrogen-bond acceptors (Lipinski definition) is 8. The van der Waals surface area contributed by atoms with Crippen LogP contribution in [-0.4, -0.2) is 63.1 Å². The van der Waals surface area contributed by atoms with E-state index in [0.29, 0.717) is 22.3 Å². The SMILES string of the molecule is CC(C)[C@@H]1NC(=O)CN(C(=O)c2cc3cc(F)ccc3[nH]2)CCNC(=O)c2coc(n2)[C@H](Cc2ccccc2)NC(=O)c2csc1n2. The number of nitrogens with zero attached hydrogens (tertiary/aromatic N) is 3. The number of carbonyl (C=O) groups excluding carboxylic acids is 4. The average Bonchev–Trinajstić information content (AvgIpc) is 3.82. The second-order valence-electron chi connectivity index (χ2n) is 11.5. The normalized spacial score (nSPS) is 18.0. The van der Waals surface area contributed by atoms with E-state index in [1.165, 1.54) is 46.8 Å². The second kappa shape index (κ2) is 13.5. The number of hydrogen-bond donors (Lipinski definition) is 4. The Morgan fingerprint density at radius 1 is 1.04 bits per heavy atom. The van der Waals surface area contributed by atoms with Crippen molar-refractivity contribution in [3.8, 4) is 0 Å². The van der Waals surface area contributed by atoms with Crippen LogP contribution in [0.4, 0.5) is 4.39 Å². The van der Waals surface area contributed by atoms with Crippen LogP contribution in [0.3, 0.4) is 0 Å². The summed E-state index contributed by atoms with van der Waals surface area (Å²) in [5, 5.41) is 11.3. The third kappa shape index (κ3) is 7.22. The van der Waals surface area contributed by atoms with Gasteiger partial charge in [0.05, 0.1) is 12.6 Å². The van der Waals surface area contributed by atoms with Gasteiger partial charge in [-0.2, -0.15) is 0 Å². The summed E-state index contributed by atoms with van der Waals surface area (Å²) in [5.41, 5.74) is 1.77. The van der Waals surface area contributed by atoms with Gasteiger partial charge in [-0.3, -0.25) is 19.2 Å². The van der Waals surface area contributed by atoms with Crippen LogP contribution in [0.25, 0.3) is 10.9 Å². The fraction of sp³-hybridized carbons (Fsp3) is 0.273. The molecule has 3 aromatic heterocycles. The molecule has 2 atom stereocenters. The Kier molecular flexibility index (Phi) is 9.11. The minimum Gasteiger partial charge on any atom is -0.446 e. The number of thiazole rings is 1. The molecule has 0 saturated heterocycles. The highest BCUT2D eigenvalue weighted by molar-refractivity contribution is 7.09. The molecule has 1 aliphatic heterocycles. The summed E-state index contributed by atoms with van der Waals surface area (Å²) in [7, 11) is 0. The highest BCUT2D eigenvalue weighted by Crippen LogP contribution is 2.26. The fourth-order valence-corrected chi connectivity index (χ4v) is 6.33. The molecule has 47 heavy (non-hydrogen) atoms. The van der Waals surface area contributed by atoms with Crippen molar-refractivity contribution in [1.29, 1.82) is 0 Å². The van der Waals surface area contributed by atoms with Crippen LogP contribution in [0.1, 0.15) is 73.9 Å². The zero-order valence-electron chi connectivity index (χ0n) is 25.6. The average molecular weight is 658 g/mol. The molecule has 14 heteroatoms. The summed E-state index contributed by atoms with van der Waals surface area (Å²) in [6, 6.07) is 13.8. The first-order valence-corrected chi connectivity index (χ1v) is 15.9. The van der Waals surface area contributed by atoms with E-state index in [2.05, 4.69) is 30.9 Å². The molecule has 1 aliphatic rings. The molecule has 4 N–H and O–H groups in total. The van der Waals surface area contributed by atoms with Gasteiger partial charge in [0.1, 0.15) is 34.5 Å². The van der Waals surface area contributed by atoms with E-state index < -0.39 is 41.5 Å². The summed E-state index contributed by atoms with van der Waals surface area (Å²) in [6.45, 7) is 3.46. The predicted octanol–water partition coefficient (Wildman–Crippen LogP) is 4.16. The van der Waals surface area contributed by atoms with E-state index in [4.69, 9.17) is 4.42 Å². The molecule has 0 spiro atoms. The van der Waals surface area contributed by atoms with Gasteiger partial charge in [-0.1, -0.05) is 44.2 Å². The standard InChI is InChI=1S/C33H32FN7O5S/c1-18(2)28-32-39-26(17-47-32)30(44)37-23(12-19-6-4-3-5-7-19)31-38-25(16-46-31)29(43)35-10-11-41(15-27(42)40-28)33(45)24-14-20-13-21(34)8-9-22(20)36-24/h3-9,13-14,16-18,23,28,36H,10-12,15H2,1-2H3,(H,35,43)(H,37,44)(H,40,42)/t23-,28-/m0/s1. The molecule has 2 aromatic carbocycles. The number of aromatic nitrogens is 3. The number of carbonyl (C=O) groups is 4. The van der Waals surface area contributed by atoms with Crippen LogP contribution in [0.5, 0.6) is 0 Å². The highest BCUT2D eigenvalue weighted by atomic mass is 32.1. The molecular weight excluding hydrogens is 625 g/mol. The first-order valence-electron chi connectivity index (χ1n) is 15.1. The van der Waals surface area contributed by atoms with E-state index in [1.807, 2.05) is 44.2 Å². The molecule has 4 heterocycles. The Balaban J connectivity index is 1.31. The second-order valence-corrected chi connectivity index (χ2v) is 12.4. The summed E-state index contributed by atoms with van der Waals surface area (Å²) < 4.78 is 19.5. The third-order valence-corrected chi connectivity index (χ3v) is 8.67. The number of aromatic amines is 1. The minimum atomic E-state index is -0.714. The summed E-state index contributed by atoms with van der Waals surface area (Å²) in [6.07, 6.45) is 1.55. The van der Waals surface area contributed by atoms with Gasteiger partial charge in [-0.15, -0.1) is 11.3 Å². The molecule has 0 radical (unpaired) electrons. The maximum atomic E-state index is 13.8. The quantitative estimate of drug-likeness (QED) is 0.226. The maximum absolute atomic E-state index is 13.8. The Morgan fingerprint density at radius 3 is 2.64 bits per heavy atom. The first kappa shape index (κ1) is 31.6. The zero-order chi connectivity index (χ0) is 33.1. The number of oxazole rings is 1. The van der Waals surface area contributed by atoms with Crippen molar-refractivity contribution in [1.82, 2.24) is 35.8 Å². The molecule has 0 fully saturated rings. The van der Waals surface area contributed by atoms with Crippen LogP contribution < -0.4 is 16.0 Å². The molecule has 242 valence electrons. The van der Waals surface area contributed by atoms with E-state index in [-0.39, 0.29) is 48.5 Å². The van der Waals surface area contributed by atoms with Gasteiger partial charge < -0.3 is 30.3 Å². The molecule has 6 rings (SSSR count). The molecule has 12 nitrogen and oxygen atoms in total. The van der Waals surface area contributed by atoms with Gasteiger partial charge >= 0.3 is 0 Å². The lowest BCUT2D eigenvalue weighted by molar-refractivity contribution is -0.122. The van der Waals surface area contributed by atoms with Gasteiger partial charge in [-0.25, -0.2) is 14.4 Å². The van der Waals surface area contributed by atoms with Crippen LogP contribution in [-0.2, 0) is 11.2 Å². The van der Waals surface area contributed by atoms with Crippen molar-refractivity contribution in [2.45, 2.75) is 32.4 Å². The highest BCUT2D eigenvalue weighted by Gasteiger charge is 2.29. The van der Waals surface area contributed by atoms with E-state index in [9.17, 15) is 23.6 Å². The smallest absolute Gasteiger partial charge is 0.273 e. The van der Waals surface area contributed by atoms with Crippen LogP contribution in [0.2, 0.25) is 0 Å². The lowest BCUT2D eigenvalue weighted by atomic mass is 10.0. The largest absolute Gasteiger partial charge is 0.446 e. The number of H-pyrrole nitrogens is 1. The Hall–Kier alpha value is -5.37. The number of halogens is 1. The van der Waals surface area contributed by atoms with Crippen molar-refractivity contribution < 1.29 is 28.0 Å². The van der Waals surface area contributed by atoms with E-state index in [0.717, 1.165) is 5.56 Å². The Labute approximate surface area is 272 Å². The number of fused-ring (bicyclic) bond motifs is 5. The lowest BCUT2D eigenvalue weighted by Gasteiger charge is -2.25. The van der Waals surface area contributed by atoms with Crippen molar-refractivity contribution in [2.75, 3.05) is 19.6 Å². The number of nitrogens with one attached hydrogen (secondary N) is 4. The maximum Gasteiger partial charge on any atom is 0.273 e. The number of benzene rings is 2. The monoisotopic (exact) mass is 657 g/mol. The minimum absolute atomic E-state index is 0.0114. The molecule has 4 amide bonds. The van der Waals surface area contributed by atoms with E-state index >= 15 is 0 Å². The van der Waals surface area contributed by atoms with Gasteiger partial charge in [0, 0.05) is 35.8 Å². The van der Waals surface area contributed by atoms with Crippen molar-refractivity contribution in [2.24, 2.45) is 5.92 Å². The van der Waals surface area contributed by atoms with Crippen LogP contribution in [0, 0.1) is 11.7 Å². The third-order valence-electron chi connectivity index (χ3n) is 7.75. The van der Waals surface area contributed by atoms with Crippen LogP contribution >= 0.6 is 11.3 Å². The van der Waals surface area contributed by atoms with Crippen molar-refractivity contribution in [3.63, 3.8) is 0 Å².